The first-order chi connectivity index (χ1) is 11.1. The SMILES string of the molecule is COC(=O)c1cc2c(OC(C)C)cc(N3CCOCC3)cc2s1. The van der Waals surface area contributed by atoms with Crippen molar-refractivity contribution in [2.24, 2.45) is 0 Å². The Labute approximate surface area is 139 Å². The Morgan fingerprint density at radius 3 is 2.65 bits per heavy atom. The third-order valence-electron chi connectivity index (χ3n) is 3.71. The van der Waals surface area contributed by atoms with Gasteiger partial charge in [0.15, 0.2) is 0 Å². The molecule has 6 heteroatoms. The van der Waals surface area contributed by atoms with Crippen LogP contribution >= 0.6 is 11.3 Å². The van der Waals surface area contributed by atoms with E-state index < -0.39 is 0 Å². The third kappa shape index (κ3) is 3.43. The lowest BCUT2D eigenvalue weighted by Crippen LogP contribution is -2.36. The second-order valence-corrected chi connectivity index (χ2v) is 6.81. The fourth-order valence-electron chi connectivity index (χ4n) is 2.65. The van der Waals surface area contributed by atoms with E-state index in [9.17, 15) is 4.79 Å². The molecule has 0 N–H and O–H groups in total. The number of carbonyl (C=O) groups excluding carboxylic acids is 1. The second kappa shape index (κ2) is 6.76. The Morgan fingerprint density at radius 1 is 1.26 bits per heavy atom. The Balaban J connectivity index is 2.06. The highest BCUT2D eigenvalue weighted by Crippen LogP contribution is 2.38. The quantitative estimate of drug-likeness (QED) is 0.802. The maximum atomic E-state index is 11.8. The molecule has 1 fully saturated rings. The van der Waals surface area contributed by atoms with E-state index in [1.165, 1.54) is 18.4 Å². The van der Waals surface area contributed by atoms with Gasteiger partial charge in [-0.2, -0.15) is 0 Å². The fourth-order valence-corrected chi connectivity index (χ4v) is 3.68. The van der Waals surface area contributed by atoms with E-state index in [-0.39, 0.29) is 12.1 Å². The summed E-state index contributed by atoms with van der Waals surface area (Å²) in [7, 11) is 1.40. The lowest BCUT2D eigenvalue weighted by molar-refractivity contribution is 0.0606. The molecule has 2 heterocycles. The Bertz CT molecular complexity index is 704. The number of benzene rings is 1. The van der Waals surface area contributed by atoms with Gasteiger partial charge in [0, 0.05) is 34.9 Å². The molecule has 0 atom stereocenters. The van der Waals surface area contributed by atoms with Crippen molar-refractivity contribution in [1.82, 2.24) is 0 Å². The first-order valence-corrected chi connectivity index (χ1v) is 8.55. The van der Waals surface area contributed by atoms with E-state index in [0.29, 0.717) is 4.88 Å². The largest absolute Gasteiger partial charge is 0.490 e. The number of methoxy groups -OCH3 is 1. The molecule has 0 amide bonds. The van der Waals surface area contributed by atoms with E-state index in [0.717, 1.165) is 47.8 Å². The molecular formula is C17H21NO4S. The summed E-state index contributed by atoms with van der Waals surface area (Å²) in [6.45, 7) is 7.19. The van der Waals surface area contributed by atoms with Crippen LogP contribution in [-0.2, 0) is 9.47 Å². The van der Waals surface area contributed by atoms with Gasteiger partial charge in [0.25, 0.3) is 0 Å². The van der Waals surface area contributed by atoms with Gasteiger partial charge in [0.05, 0.1) is 26.4 Å². The van der Waals surface area contributed by atoms with Crippen LogP contribution in [0.5, 0.6) is 5.75 Å². The number of hydrogen-bond donors (Lipinski definition) is 0. The molecule has 124 valence electrons. The predicted molar refractivity (Wildman–Crippen MR) is 92.0 cm³/mol. The number of morpholine rings is 1. The standard InChI is InChI=1S/C17H21NO4S/c1-11(2)22-14-8-12(18-4-6-21-7-5-18)9-15-13(14)10-16(23-15)17(19)20-3/h8-11H,4-7H2,1-3H3. The lowest BCUT2D eigenvalue weighted by Gasteiger charge is -2.29. The van der Waals surface area contributed by atoms with Crippen LogP contribution < -0.4 is 9.64 Å². The minimum Gasteiger partial charge on any atom is -0.490 e. The zero-order valence-corrected chi connectivity index (χ0v) is 14.4. The number of fused-ring (bicyclic) bond motifs is 1. The molecule has 23 heavy (non-hydrogen) atoms. The summed E-state index contributed by atoms with van der Waals surface area (Å²) < 4.78 is 17.3. The van der Waals surface area contributed by atoms with E-state index >= 15 is 0 Å². The fraction of sp³-hybridized carbons (Fsp3) is 0.471. The Hall–Kier alpha value is -1.79. The van der Waals surface area contributed by atoms with E-state index in [4.69, 9.17) is 14.2 Å². The van der Waals surface area contributed by atoms with Crippen LogP contribution in [-0.4, -0.2) is 45.5 Å². The Kier molecular flexibility index (Phi) is 4.73. The van der Waals surface area contributed by atoms with Crippen molar-refractivity contribution in [3.63, 3.8) is 0 Å². The van der Waals surface area contributed by atoms with Gasteiger partial charge >= 0.3 is 5.97 Å². The van der Waals surface area contributed by atoms with Gasteiger partial charge in [0.1, 0.15) is 10.6 Å². The summed E-state index contributed by atoms with van der Waals surface area (Å²) in [6.07, 6.45) is 0.0691. The van der Waals surface area contributed by atoms with Crippen LogP contribution in [0.3, 0.4) is 0 Å². The highest BCUT2D eigenvalue weighted by molar-refractivity contribution is 7.20. The Morgan fingerprint density at radius 2 is 2.00 bits per heavy atom. The minimum atomic E-state index is -0.311. The van der Waals surface area contributed by atoms with Crippen molar-refractivity contribution >= 4 is 33.1 Å². The zero-order valence-electron chi connectivity index (χ0n) is 13.6. The molecule has 0 unspecified atom stereocenters. The van der Waals surface area contributed by atoms with Crippen molar-refractivity contribution in [1.29, 1.82) is 0 Å². The van der Waals surface area contributed by atoms with Gasteiger partial charge in [0.2, 0.25) is 0 Å². The van der Waals surface area contributed by atoms with E-state index in [1.54, 1.807) is 0 Å². The molecule has 1 aromatic heterocycles. The molecule has 5 nitrogen and oxygen atoms in total. The molecule has 0 aliphatic carbocycles. The lowest BCUT2D eigenvalue weighted by atomic mass is 10.2. The van der Waals surface area contributed by atoms with Crippen molar-refractivity contribution in [2.45, 2.75) is 20.0 Å². The second-order valence-electron chi connectivity index (χ2n) is 5.72. The number of rotatable bonds is 4. The number of hydrogen-bond acceptors (Lipinski definition) is 6. The summed E-state index contributed by atoms with van der Waals surface area (Å²) in [4.78, 5) is 14.7. The molecular weight excluding hydrogens is 314 g/mol. The first-order valence-electron chi connectivity index (χ1n) is 7.73. The topological polar surface area (TPSA) is 48.0 Å². The van der Waals surface area contributed by atoms with Crippen LogP contribution in [0.2, 0.25) is 0 Å². The molecule has 1 saturated heterocycles. The van der Waals surface area contributed by atoms with Crippen LogP contribution in [0.1, 0.15) is 23.5 Å². The number of esters is 1. The smallest absolute Gasteiger partial charge is 0.348 e. The maximum Gasteiger partial charge on any atom is 0.348 e. The number of anilines is 1. The van der Waals surface area contributed by atoms with E-state index in [2.05, 4.69) is 17.0 Å². The summed E-state index contributed by atoms with van der Waals surface area (Å²) in [5, 5.41) is 0.959. The number of nitrogens with zero attached hydrogens (tertiary/aromatic N) is 1. The molecule has 1 aliphatic rings. The van der Waals surface area contributed by atoms with Crippen LogP contribution in [0.4, 0.5) is 5.69 Å². The molecule has 1 aliphatic heterocycles. The summed E-state index contributed by atoms with van der Waals surface area (Å²) >= 11 is 1.44. The molecule has 2 aromatic rings. The number of thiophene rings is 1. The minimum absolute atomic E-state index is 0.0691. The molecule has 0 radical (unpaired) electrons. The van der Waals surface area contributed by atoms with Gasteiger partial charge in [-0.25, -0.2) is 4.79 Å². The van der Waals surface area contributed by atoms with Gasteiger partial charge in [-0.1, -0.05) is 0 Å². The summed E-state index contributed by atoms with van der Waals surface area (Å²) in [6, 6.07) is 6.03. The van der Waals surface area contributed by atoms with Crippen LogP contribution in [0, 0.1) is 0 Å². The molecule has 1 aromatic carbocycles. The zero-order chi connectivity index (χ0) is 16.4. The average molecular weight is 335 g/mol. The number of carbonyl (C=O) groups is 1. The highest BCUT2D eigenvalue weighted by Gasteiger charge is 2.18. The molecule has 3 rings (SSSR count). The number of ether oxygens (including phenoxy) is 3. The monoisotopic (exact) mass is 335 g/mol. The molecule has 0 saturated carbocycles. The van der Waals surface area contributed by atoms with Crippen molar-refractivity contribution < 1.29 is 19.0 Å². The normalized spacial score (nSPS) is 15.2. The van der Waals surface area contributed by atoms with Gasteiger partial charge < -0.3 is 19.1 Å². The summed E-state index contributed by atoms with van der Waals surface area (Å²) in [5.41, 5.74) is 1.11. The van der Waals surface area contributed by atoms with Crippen molar-refractivity contribution in [3.8, 4) is 5.75 Å². The maximum absolute atomic E-state index is 11.8. The molecule has 0 spiro atoms. The molecule has 0 bridgehead atoms. The van der Waals surface area contributed by atoms with Crippen molar-refractivity contribution in [2.75, 3.05) is 38.3 Å². The van der Waals surface area contributed by atoms with Gasteiger partial charge in [-0.3, -0.25) is 0 Å². The first kappa shape index (κ1) is 16.1. The van der Waals surface area contributed by atoms with Gasteiger partial charge in [-0.15, -0.1) is 11.3 Å². The third-order valence-corrected chi connectivity index (χ3v) is 4.77. The highest BCUT2D eigenvalue weighted by atomic mass is 32.1. The van der Waals surface area contributed by atoms with Crippen molar-refractivity contribution in [3.05, 3.63) is 23.1 Å². The van der Waals surface area contributed by atoms with E-state index in [1.807, 2.05) is 19.9 Å². The van der Waals surface area contributed by atoms with Crippen LogP contribution in [0.25, 0.3) is 10.1 Å². The average Bonchev–Trinajstić information content (AvgIpc) is 2.99. The van der Waals surface area contributed by atoms with Gasteiger partial charge in [-0.05, 0) is 26.0 Å². The van der Waals surface area contributed by atoms with Crippen LogP contribution in [0.15, 0.2) is 18.2 Å². The predicted octanol–water partition coefficient (Wildman–Crippen LogP) is 3.31. The summed E-state index contributed by atoms with van der Waals surface area (Å²) in [5.74, 6) is 0.500.